The zero-order chi connectivity index (χ0) is 12.1. The molecule has 90 valence electrons. The Bertz CT molecular complexity index is 342. The second-order valence-electron chi connectivity index (χ2n) is 3.83. The van der Waals surface area contributed by atoms with Gasteiger partial charge in [-0.25, -0.2) is 9.37 Å². The number of nitrogens with zero attached hydrogens (tertiary/aromatic N) is 3. The molecule has 0 aliphatic heterocycles. The maximum atomic E-state index is 13.3. The van der Waals surface area contributed by atoms with Crippen LogP contribution in [0.4, 0.5) is 16.2 Å². The summed E-state index contributed by atoms with van der Waals surface area (Å²) in [4.78, 5) is 9.81. The standard InChI is InChI=1S/C10H18FN5/c1-7(16(3)4)5-13-9-8(11)6-14-10(12-2)15-9/h6-7H,5H2,1-4H3,(H2,12,13,14,15). The number of anilines is 2. The van der Waals surface area contributed by atoms with Crippen LogP contribution in [0.5, 0.6) is 0 Å². The summed E-state index contributed by atoms with van der Waals surface area (Å²) < 4.78 is 13.3. The molecule has 16 heavy (non-hydrogen) atoms. The average Bonchev–Trinajstić information content (AvgIpc) is 2.27. The van der Waals surface area contributed by atoms with Crippen LogP contribution in [0.25, 0.3) is 0 Å². The third kappa shape index (κ3) is 3.30. The summed E-state index contributed by atoms with van der Waals surface area (Å²) in [5.74, 6) is 0.194. The number of hydrogen-bond donors (Lipinski definition) is 2. The summed E-state index contributed by atoms with van der Waals surface area (Å²) in [7, 11) is 5.64. The number of nitrogens with one attached hydrogen (secondary N) is 2. The zero-order valence-electron chi connectivity index (χ0n) is 10.1. The normalized spacial score (nSPS) is 12.6. The lowest BCUT2D eigenvalue weighted by Crippen LogP contribution is -2.32. The second-order valence-corrected chi connectivity index (χ2v) is 3.83. The lowest BCUT2D eigenvalue weighted by molar-refractivity contribution is 0.325. The molecule has 1 atom stereocenters. The fourth-order valence-electron chi connectivity index (χ4n) is 1.04. The Hall–Kier alpha value is -1.43. The lowest BCUT2D eigenvalue weighted by atomic mass is 10.3. The Morgan fingerprint density at radius 1 is 1.50 bits per heavy atom. The largest absolute Gasteiger partial charge is 0.366 e. The molecule has 0 spiro atoms. The van der Waals surface area contributed by atoms with E-state index in [-0.39, 0.29) is 5.82 Å². The summed E-state index contributed by atoms with van der Waals surface area (Å²) in [5, 5.41) is 5.73. The molecule has 0 saturated carbocycles. The van der Waals surface area contributed by atoms with Gasteiger partial charge in [0.25, 0.3) is 0 Å². The summed E-state index contributed by atoms with van der Waals surface area (Å²) in [5.41, 5.74) is 0. The zero-order valence-corrected chi connectivity index (χ0v) is 10.1. The Labute approximate surface area is 95.1 Å². The smallest absolute Gasteiger partial charge is 0.224 e. The molecule has 2 N–H and O–H groups in total. The van der Waals surface area contributed by atoms with E-state index in [1.54, 1.807) is 7.05 Å². The minimum absolute atomic E-state index is 0.230. The first-order chi connectivity index (χ1) is 7.54. The van der Waals surface area contributed by atoms with Crippen molar-refractivity contribution >= 4 is 11.8 Å². The quantitative estimate of drug-likeness (QED) is 0.786. The highest BCUT2D eigenvalue weighted by Gasteiger charge is 2.08. The van der Waals surface area contributed by atoms with Gasteiger partial charge in [0.2, 0.25) is 5.95 Å². The predicted molar refractivity (Wildman–Crippen MR) is 63.2 cm³/mol. The molecular weight excluding hydrogens is 209 g/mol. The van der Waals surface area contributed by atoms with Crippen LogP contribution in [0.1, 0.15) is 6.92 Å². The minimum atomic E-state index is -0.440. The topological polar surface area (TPSA) is 53.1 Å². The third-order valence-corrected chi connectivity index (χ3v) is 2.41. The van der Waals surface area contributed by atoms with Gasteiger partial charge in [-0.15, -0.1) is 0 Å². The molecule has 1 aromatic rings. The van der Waals surface area contributed by atoms with E-state index in [4.69, 9.17) is 0 Å². The van der Waals surface area contributed by atoms with Crippen LogP contribution in [0.15, 0.2) is 6.20 Å². The third-order valence-electron chi connectivity index (χ3n) is 2.41. The fourth-order valence-corrected chi connectivity index (χ4v) is 1.04. The maximum Gasteiger partial charge on any atom is 0.224 e. The molecule has 0 amide bonds. The molecule has 0 aliphatic carbocycles. The molecule has 6 heteroatoms. The van der Waals surface area contributed by atoms with E-state index in [1.165, 1.54) is 0 Å². The van der Waals surface area contributed by atoms with Gasteiger partial charge in [-0.2, -0.15) is 4.98 Å². The van der Waals surface area contributed by atoms with Crippen LogP contribution in [-0.2, 0) is 0 Å². The molecule has 0 fully saturated rings. The van der Waals surface area contributed by atoms with Crippen molar-refractivity contribution in [3.8, 4) is 0 Å². The van der Waals surface area contributed by atoms with Crippen molar-refractivity contribution in [2.75, 3.05) is 38.3 Å². The van der Waals surface area contributed by atoms with Gasteiger partial charge >= 0.3 is 0 Å². The van der Waals surface area contributed by atoms with Gasteiger partial charge in [-0.1, -0.05) is 0 Å². The first-order valence-electron chi connectivity index (χ1n) is 5.15. The Morgan fingerprint density at radius 3 is 2.75 bits per heavy atom. The Balaban J connectivity index is 2.65. The average molecular weight is 227 g/mol. The number of likely N-dealkylation sites (N-methyl/N-ethyl adjacent to an activating group) is 1. The highest BCUT2D eigenvalue weighted by Crippen LogP contribution is 2.11. The van der Waals surface area contributed by atoms with E-state index in [0.717, 1.165) is 6.20 Å². The van der Waals surface area contributed by atoms with Gasteiger partial charge in [0, 0.05) is 19.6 Å². The van der Waals surface area contributed by atoms with Crippen LogP contribution in [0.2, 0.25) is 0 Å². The van der Waals surface area contributed by atoms with E-state index >= 15 is 0 Å². The molecule has 1 unspecified atom stereocenters. The molecule has 0 radical (unpaired) electrons. The molecule has 0 aliphatic rings. The van der Waals surface area contributed by atoms with Crippen LogP contribution in [0.3, 0.4) is 0 Å². The molecule has 0 saturated heterocycles. The number of rotatable bonds is 5. The van der Waals surface area contributed by atoms with Crippen molar-refractivity contribution in [3.05, 3.63) is 12.0 Å². The van der Waals surface area contributed by atoms with E-state index in [1.807, 2.05) is 25.9 Å². The Morgan fingerprint density at radius 2 is 2.19 bits per heavy atom. The SMILES string of the molecule is CNc1ncc(F)c(NCC(C)N(C)C)n1. The highest BCUT2D eigenvalue weighted by molar-refractivity contribution is 5.40. The van der Waals surface area contributed by atoms with Gasteiger partial charge in [0.1, 0.15) is 0 Å². The molecular formula is C10H18FN5. The first kappa shape index (κ1) is 12.6. The first-order valence-corrected chi connectivity index (χ1v) is 5.15. The van der Waals surface area contributed by atoms with Gasteiger partial charge in [-0.3, -0.25) is 0 Å². The highest BCUT2D eigenvalue weighted by atomic mass is 19.1. The van der Waals surface area contributed by atoms with Crippen molar-refractivity contribution in [2.24, 2.45) is 0 Å². The van der Waals surface area contributed by atoms with E-state index < -0.39 is 5.82 Å². The van der Waals surface area contributed by atoms with E-state index in [0.29, 0.717) is 18.5 Å². The van der Waals surface area contributed by atoms with Crippen molar-refractivity contribution in [3.63, 3.8) is 0 Å². The van der Waals surface area contributed by atoms with Gasteiger partial charge in [-0.05, 0) is 21.0 Å². The Kier molecular flexibility index (Phi) is 4.42. The van der Waals surface area contributed by atoms with Crippen molar-refractivity contribution in [2.45, 2.75) is 13.0 Å². The molecule has 5 nitrogen and oxygen atoms in total. The van der Waals surface area contributed by atoms with E-state index in [9.17, 15) is 4.39 Å². The van der Waals surface area contributed by atoms with Crippen LogP contribution in [0, 0.1) is 5.82 Å². The van der Waals surface area contributed by atoms with Gasteiger partial charge in [0.05, 0.1) is 6.20 Å². The monoisotopic (exact) mass is 227 g/mol. The van der Waals surface area contributed by atoms with Gasteiger partial charge < -0.3 is 15.5 Å². The molecule has 1 heterocycles. The summed E-state index contributed by atoms with van der Waals surface area (Å²) in [6, 6.07) is 0.299. The number of aromatic nitrogens is 2. The number of hydrogen-bond acceptors (Lipinski definition) is 5. The van der Waals surface area contributed by atoms with Crippen LogP contribution >= 0.6 is 0 Å². The minimum Gasteiger partial charge on any atom is -0.366 e. The molecule has 1 aromatic heterocycles. The fraction of sp³-hybridized carbons (Fsp3) is 0.600. The second kappa shape index (κ2) is 5.60. The predicted octanol–water partition coefficient (Wildman–Crippen LogP) is 1.02. The van der Waals surface area contributed by atoms with Crippen LogP contribution < -0.4 is 10.6 Å². The molecule has 1 rings (SSSR count). The maximum absolute atomic E-state index is 13.3. The van der Waals surface area contributed by atoms with Crippen molar-refractivity contribution < 1.29 is 4.39 Å². The lowest BCUT2D eigenvalue weighted by Gasteiger charge is -2.20. The van der Waals surface area contributed by atoms with Crippen LogP contribution in [-0.4, -0.2) is 48.6 Å². The summed E-state index contributed by atoms with van der Waals surface area (Å²) >= 11 is 0. The molecule has 0 aromatic carbocycles. The van der Waals surface area contributed by atoms with Crippen molar-refractivity contribution in [1.29, 1.82) is 0 Å². The number of halogens is 1. The molecule has 0 bridgehead atoms. The van der Waals surface area contributed by atoms with Crippen molar-refractivity contribution in [1.82, 2.24) is 14.9 Å². The summed E-state index contributed by atoms with van der Waals surface area (Å²) in [6.07, 6.45) is 1.15. The summed E-state index contributed by atoms with van der Waals surface area (Å²) in [6.45, 7) is 2.68. The van der Waals surface area contributed by atoms with Gasteiger partial charge in [0.15, 0.2) is 11.6 Å². The van der Waals surface area contributed by atoms with E-state index in [2.05, 4.69) is 20.6 Å².